The van der Waals surface area contributed by atoms with Crippen LogP contribution in [0.1, 0.15) is 0 Å². The summed E-state index contributed by atoms with van der Waals surface area (Å²) in [5.74, 6) is 0. The molecule has 0 aromatic heterocycles. The minimum atomic E-state index is -1.75. The fourth-order valence-corrected chi connectivity index (χ4v) is 1.28. The van der Waals surface area contributed by atoms with Gasteiger partial charge in [0.05, 0.1) is 0 Å². The third kappa shape index (κ3) is 1.97. The summed E-state index contributed by atoms with van der Waals surface area (Å²) in [4.78, 5) is 0. The molecular formula is C7H14FNO4. The highest BCUT2D eigenvalue weighted by Gasteiger charge is 2.44. The summed E-state index contributed by atoms with van der Waals surface area (Å²) in [6.45, 7) is 0.00477. The number of aliphatic hydroxyl groups is 2. The van der Waals surface area contributed by atoms with Gasteiger partial charge in [0.2, 0.25) is 0 Å². The minimum absolute atomic E-state index is 0.00477. The molecule has 1 aliphatic heterocycles. The Morgan fingerprint density at radius 3 is 2.54 bits per heavy atom. The van der Waals surface area contributed by atoms with Crippen molar-refractivity contribution >= 4 is 0 Å². The van der Waals surface area contributed by atoms with Gasteiger partial charge in [-0.05, 0) is 0 Å². The van der Waals surface area contributed by atoms with E-state index >= 15 is 0 Å². The third-order valence-electron chi connectivity index (χ3n) is 2.09. The molecule has 4 N–H and O–H groups in total. The van der Waals surface area contributed by atoms with Gasteiger partial charge in [0.25, 0.3) is 0 Å². The zero-order valence-electron chi connectivity index (χ0n) is 7.26. The molecule has 5 unspecified atom stereocenters. The van der Waals surface area contributed by atoms with Crippen molar-refractivity contribution in [3.05, 3.63) is 0 Å². The molecule has 1 rings (SSSR count). The number of hydrogen-bond donors (Lipinski definition) is 3. The fraction of sp³-hybridized carbons (Fsp3) is 1.00. The second-order valence-electron chi connectivity index (χ2n) is 2.94. The van der Waals surface area contributed by atoms with E-state index in [1.807, 2.05) is 0 Å². The van der Waals surface area contributed by atoms with Crippen molar-refractivity contribution in [1.82, 2.24) is 0 Å². The maximum absolute atomic E-state index is 13.1. The van der Waals surface area contributed by atoms with Crippen molar-refractivity contribution in [1.29, 1.82) is 0 Å². The topological polar surface area (TPSA) is 84.9 Å². The first kappa shape index (κ1) is 10.8. The number of halogens is 1. The highest BCUT2D eigenvalue weighted by molar-refractivity contribution is 4.89. The van der Waals surface area contributed by atoms with Gasteiger partial charge in [-0.3, -0.25) is 0 Å². The van der Waals surface area contributed by atoms with Crippen LogP contribution >= 0.6 is 0 Å². The van der Waals surface area contributed by atoms with Gasteiger partial charge in [-0.1, -0.05) is 0 Å². The highest BCUT2D eigenvalue weighted by atomic mass is 19.1. The summed E-state index contributed by atoms with van der Waals surface area (Å²) in [5, 5.41) is 18.5. The maximum Gasteiger partial charge on any atom is 0.191 e. The normalized spacial score (nSPS) is 46.4. The molecule has 0 bridgehead atoms. The summed E-state index contributed by atoms with van der Waals surface area (Å²) in [7, 11) is 1.26. The largest absolute Gasteiger partial charge is 0.388 e. The second kappa shape index (κ2) is 4.30. The number of hydrogen-bond acceptors (Lipinski definition) is 5. The molecule has 0 aliphatic carbocycles. The van der Waals surface area contributed by atoms with Crippen LogP contribution in [0.15, 0.2) is 0 Å². The molecule has 0 aromatic carbocycles. The molecule has 1 heterocycles. The first-order valence-corrected chi connectivity index (χ1v) is 4.00. The Morgan fingerprint density at radius 2 is 2.08 bits per heavy atom. The van der Waals surface area contributed by atoms with Gasteiger partial charge in [0, 0.05) is 13.7 Å². The lowest BCUT2D eigenvalue weighted by atomic mass is 10.00. The number of aliphatic hydroxyl groups excluding tert-OH is 2. The quantitative estimate of drug-likeness (QED) is 0.493. The Kier molecular flexibility index (Phi) is 3.57. The Balaban J connectivity index is 2.66. The molecule has 0 saturated carbocycles. The molecule has 0 radical (unpaired) electrons. The van der Waals surface area contributed by atoms with Crippen molar-refractivity contribution in [2.24, 2.45) is 5.73 Å². The average molecular weight is 195 g/mol. The molecule has 78 valence electrons. The molecule has 0 spiro atoms. The standard InChI is InChI=1S/C7H14FNO4/c1-12-7-4(8)6(11)5(10)3(2-9)13-7/h3-7,10-11H,2,9H2,1H3. The summed E-state index contributed by atoms with van der Waals surface area (Å²) in [6.07, 6.45) is -6.50. The van der Waals surface area contributed by atoms with Crippen LogP contribution in [0.3, 0.4) is 0 Å². The molecule has 0 amide bonds. The van der Waals surface area contributed by atoms with Crippen molar-refractivity contribution in [2.75, 3.05) is 13.7 Å². The number of rotatable bonds is 2. The van der Waals surface area contributed by atoms with E-state index in [-0.39, 0.29) is 6.54 Å². The first-order valence-electron chi connectivity index (χ1n) is 4.00. The van der Waals surface area contributed by atoms with E-state index in [9.17, 15) is 14.6 Å². The van der Waals surface area contributed by atoms with Crippen molar-refractivity contribution in [3.8, 4) is 0 Å². The molecule has 13 heavy (non-hydrogen) atoms. The van der Waals surface area contributed by atoms with Gasteiger partial charge in [-0.15, -0.1) is 0 Å². The SMILES string of the molecule is COC1OC(CN)C(O)C(O)C1F. The van der Waals surface area contributed by atoms with Gasteiger partial charge >= 0.3 is 0 Å². The molecule has 1 fully saturated rings. The van der Waals surface area contributed by atoms with Crippen LogP contribution in [-0.4, -0.2) is 54.6 Å². The zero-order valence-corrected chi connectivity index (χ0v) is 7.26. The third-order valence-corrected chi connectivity index (χ3v) is 2.09. The van der Waals surface area contributed by atoms with Gasteiger partial charge in [0.1, 0.15) is 18.3 Å². The highest BCUT2D eigenvalue weighted by Crippen LogP contribution is 2.23. The van der Waals surface area contributed by atoms with E-state index in [0.717, 1.165) is 0 Å². The summed E-state index contributed by atoms with van der Waals surface area (Å²) in [5.41, 5.74) is 5.24. The van der Waals surface area contributed by atoms with Crippen LogP contribution in [0.2, 0.25) is 0 Å². The molecular weight excluding hydrogens is 181 g/mol. The summed E-state index contributed by atoms with van der Waals surface area (Å²) in [6, 6.07) is 0. The molecule has 1 saturated heterocycles. The molecule has 5 nitrogen and oxygen atoms in total. The minimum Gasteiger partial charge on any atom is -0.388 e. The van der Waals surface area contributed by atoms with E-state index in [1.165, 1.54) is 7.11 Å². The number of methoxy groups -OCH3 is 1. The van der Waals surface area contributed by atoms with Crippen LogP contribution in [0.5, 0.6) is 0 Å². The lowest BCUT2D eigenvalue weighted by Gasteiger charge is -2.38. The van der Waals surface area contributed by atoms with E-state index in [0.29, 0.717) is 0 Å². The monoisotopic (exact) mass is 195 g/mol. The average Bonchev–Trinajstić information content (AvgIpc) is 2.15. The molecule has 6 heteroatoms. The second-order valence-corrected chi connectivity index (χ2v) is 2.94. The molecule has 5 atom stereocenters. The summed E-state index contributed by atoms with van der Waals surface area (Å²) >= 11 is 0. The van der Waals surface area contributed by atoms with Gasteiger partial charge in [0.15, 0.2) is 12.5 Å². The van der Waals surface area contributed by atoms with Crippen molar-refractivity contribution in [2.45, 2.75) is 30.8 Å². The van der Waals surface area contributed by atoms with E-state index in [4.69, 9.17) is 10.5 Å². The van der Waals surface area contributed by atoms with Gasteiger partial charge in [-0.25, -0.2) is 4.39 Å². The van der Waals surface area contributed by atoms with Crippen LogP contribution in [0.25, 0.3) is 0 Å². The zero-order chi connectivity index (χ0) is 10.0. The van der Waals surface area contributed by atoms with Crippen molar-refractivity contribution in [3.63, 3.8) is 0 Å². The number of ether oxygens (including phenoxy) is 2. The Bertz CT molecular complexity index is 151. The van der Waals surface area contributed by atoms with Crippen LogP contribution in [0, 0.1) is 0 Å². The Labute approximate surface area is 75.2 Å². The predicted octanol–water partition coefficient (Wildman–Crippen LogP) is -1.62. The lowest BCUT2D eigenvalue weighted by Crippen LogP contribution is -2.58. The Morgan fingerprint density at radius 1 is 1.46 bits per heavy atom. The van der Waals surface area contributed by atoms with Gasteiger partial charge < -0.3 is 25.4 Å². The molecule has 1 aliphatic rings. The Hall–Kier alpha value is -0.270. The van der Waals surface area contributed by atoms with E-state index in [1.54, 1.807) is 0 Å². The number of alkyl halides is 1. The molecule has 0 aromatic rings. The van der Waals surface area contributed by atoms with E-state index < -0.39 is 30.8 Å². The van der Waals surface area contributed by atoms with Crippen LogP contribution in [-0.2, 0) is 9.47 Å². The van der Waals surface area contributed by atoms with Crippen LogP contribution in [0.4, 0.5) is 4.39 Å². The fourth-order valence-electron chi connectivity index (χ4n) is 1.28. The lowest BCUT2D eigenvalue weighted by molar-refractivity contribution is -0.271. The van der Waals surface area contributed by atoms with Crippen LogP contribution < -0.4 is 5.73 Å². The van der Waals surface area contributed by atoms with Gasteiger partial charge in [-0.2, -0.15) is 0 Å². The smallest absolute Gasteiger partial charge is 0.191 e. The maximum atomic E-state index is 13.1. The van der Waals surface area contributed by atoms with Crippen molar-refractivity contribution < 1.29 is 24.1 Å². The van der Waals surface area contributed by atoms with E-state index in [2.05, 4.69) is 4.74 Å². The number of nitrogens with two attached hydrogens (primary N) is 1. The predicted molar refractivity (Wildman–Crippen MR) is 41.6 cm³/mol. The first-order chi connectivity index (χ1) is 6.11. The summed E-state index contributed by atoms with van der Waals surface area (Å²) < 4.78 is 22.7.